The number of fused-ring (bicyclic) bond motifs is 1. The van der Waals surface area contributed by atoms with E-state index in [4.69, 9.17) is 4.74 Å². The van der Waals surface area contributed by atoms with E-state index in [-0.39, 0.29) is 5.91 Å². The molecule has 2 saturated heterocycles. The van der Waals surface area contributed by atoms with Crippen LogP contribution in [0, 0.1) is 0 Å². The molecule has 5 rings (SSSR count). The lowest BCUT2D eigenvalue weighted by Gasteiger charge is -2.35. The van der Waals surface area contributed by atoms with E-state index in [0.29, 0.717) is 4.58 Å². The van der Waals surface area contributed by atoms with Gasteiger partial charge in [-0.1, -0.05) is 24.3 Å². The molecule has 158 valence electrons. The highest BCUT2D eigenvalue weighted by Gasteiger charge is 2.23. The SMILES string of the molecule is O=C(c1ccc(C2SCCCS2)cc1)N1CCN(Cc2ccc3c(c2)CCO3)CC1. The van der Waals surface area contributed by atoms with Crippen LogP contribution in [0.15, 0.2) is 42.5 Å². The number of amides is 1. The highest BCUT2D eigenvalue weighted by molar-refractivity contribution is 8.16. The molecular weight excluding hydrogens is 412 g/mol. The van der Waals surface area contributed by atoms with E-state index in [1.54, 1.807) is 0 Å². The molecule has 6 heteroatoms. The number of benzene rings is 2. The molecule has 3 aliphatic rings. The van der Waals surface area contributed by atoms with Gasteiger partial charge in [-0.3, -0.25) is 9.69 Å². The molecule has 0 aromatic heterocycles. The maximum Gasteiger partial charge on any atom is 0.253 e. The third kappa shape index (κ3) is 4.51. The van der Waals surface area contributed by atoms with E-state index >= 15 is 0 Å². The summed E-state index contributed by atoms with van der Waals surface area (Å²) in [6, 6.07) is 14.9. The Balaban J connectivity index is 1.15. The summed E-state index contributed by atoms with van der Waals surface area (Å²) in [6.45, 7) is 5.19. The molecule has 2 aromatic carbocycles. The molecule has 0 aliphatic carbocycles. The molecule has 4 nitrogen and oxygen atoms in total. The molecular formula is C24H28N2O2S2. The molecule has 3 aliphatic heterocycles. The second-order valence-corrected chi connectivity index (χ2v) is 10.9. The van der Waals surface area contributed by atoms with E-state index in [1.807, 2.05) is 40.6 Å². The van der Waals surface area contributed by atoms with E-state index in [9.17, 15) is 4.79 Å². The van der Waals surface area contributed by atoms with Crippen molar-refractivity contribution >= 4 is 29.4 Å². The van der Waals surface area contributed by atoms with Crippen molar-refractivity contribution in [2.24, 2.45) is 0 Å². The predicted molar refractivity (Wildman–Crippen MR) is 126 cm³/mol. The van der Waals surface area contributed by atoms with Gasteiger partial charge in [-0.15, -0.1) is 23.5 Å². The standard InChI is InChI=1S/C24H28N2O2S2/c27-23(19-3-5-20(6-4-19)24-29-14-1-15-30-24)26-11-9-25(10-12-26)17-18-2-7-22-21(16-18)8-13-28-22/h2-7,16,24H,1,8-15,17H2. The fourth-order valence-electron chi connectivity index (χ4n) is 4.35. The van der Waals surface area contributed by atoms with Crippen molar-refractivity contribution in [2.45, 2.75) is 24.0 Å². The van der Waals surface area contributed by atoms with Gasteiger partial charge in [0.2, 0.25) is 0 Å². The molecule has 2 fully saturated rings. The first-order valence-corrected chi connectivity index (χ1v) is 13.0. The quantitative estimate of drug-likeness (QED) is 0.702. The van der Waals surface area contributed by atoms with Crippen molar-refractivity contribution in [3.63, 3.8) is 0 Å². The Morgan fingerprint density at radius 2 is 1.77 bits per heavy atom. The van der Waals surface area contributed by atoms with Crippen LogP contribution in [0.5, 0.6) is 5.75 Å². The van der Waals surface area contributed by atoms with Gasteiger partial charge in [0.15, 0.2) is 0 Å². The maximum absolute atomic E-state index is 13.0. The minimum atomic E-state index is 0.167. The van der Waals surface area contributed by atoms with Gasteiger partial charge in [-0.2, -0.15) is 0 Å². The first-order valence-electron chi connectivity index (χ1n) is 10.9. The second kappa shape index (κ2) is 9.25. The summed E-state index contributed by atoms with van der Waals surface area (Å²) < 4.78 is 6.13. The lowest BCUT2D eigenvalue weighted by atomic mass is 10.1. The van der Waals surface area contributed by atoms with Crippen molar-refractivity contribution in [3.8, 4) is 5.75 Å². The van der Waals surface area contributed by atoms with E-state index in [2.05, 4.69) is 35.2 Å². The van der Waals surface area contributed by atoms with Crippen LogP contribution in [0.4, 0.5) is 0 Å². The van der Waals surface area contributed by atoms with Gasteiger partial charge in [0, 0.05) is 44.7 Å². The van der Waals surface area contributed by atoms with E-state index in [1.165, 1.54) is 34.6 Å². The summed E-state index contributed by atoms with van der Waals surface area (Å²) in [5, 5.41) is 0. The molecule has 0 saturated carbocycles. The Morgan fingerprint density at radius 1 is 1.00 bits per heavy atom. The van der Waals surface area contributed by atoms with Crippen LogP contribution in [-0.4, -0.2) is 60.0 Å². The van der Waals surface area contributed by atoms with Gasteiger partial charge in [-0.05, 0) is 52.8 Å². The summed E-state index contributed by atoms with van der Waals surface area (Å²) in [6.07, 6.45) is 2.32. The zero-order valence-corrected chi connectivity index (χ0v) is 18.9. The third-order valence-corrected chi connectivity index (χ3v) is 9.09. The largest absolute Gasteiger partial charge is 0.493 e. The molecule has 0 N–H and O–H groups in total. The molecule has 2 aromatic rings. The summed E-state index contributed by atoms with van der Waals surface area (Å²) >= 11 is 4.04. The van der Waals surface area contributed by atoms with Gasteiger partial charge in [-0.25, -0.2) is 0 Å². The van der Waals surface area contributed by atoms with E-state index in [0.717, 1.165) is 57.1 Å². The summed E-state index contributed by atoms with van der Waals surface area (Å²) in [5.41, 5.74) is 4.82. The van der Waals surface area contributed by atoms with Crippen molar-refractivity contribution in [1.82, 2.24) is 9.80 Å². The number of rotatable bonds is 4. The van der Waals surface area contributed by atoms with Crippen LogP contribution in [0.1, 0.15) is 38.1 Å². The van der Waals surface area contributed by atoms with Crippen LogP contribution >= 0.6 is 23.5 Å². The number of hydrogen-bond donors (Lipinski definition) is 0. The lowest BCUT2D eigenvalue weighted by Crippen LogP contribution is -2.48. The molecule has 0 unspecified atom stereocenters. The van der Waals surface area contributed by atoms with Crippen molar-refractivity contribution in [1.29, 1.82) is 0 Å². The van der Waals surface area contributed by atoms with Crippen LogP contribution < -0.4 is 4.74 Å². The number of thioether (sulfide) groups is 2. The average Bonchev–Trinajstić information content (AvgIpc) is 3.28. The van der Waals surface area contributed by atoms with E-state index < -0.39 is 0 Å². The Kier molecular flexibility index (Phi) is 6.25. The Morgan fingerprint density at radius 3 is 2.53 bits per heavy atom. The molecule has 3 heterocycles. The molecule has 30 heavy (non-hydrogen) atoms. The van der Waals surface area contributed by atoms with Gasteiger partial charge >= 0.3 is 0 Å². The molecule has 0 radical (unpaired) electrons. The number of piperazine rings is 1. The Hall–Kier alpha value is -1.63. The summed E-state index contributed by atoms with van der Waals surface area (Å²) in [5.74, 6) is 3.68. The summed E-state index contributed by atoms with van der Waals surface area (Å²) in [4.78, 5) is 17.4. The zero-order chi connectivity index (χ0) is 20.3. The Labute approximate surface area is 187 Å². The highest BCUT2D eigenvalue weighted by atomic mass is 32.2. The predicted octanol–water partition coefficient (Wildman–Crippen LogP) is 4.45. The topological polar surface area (TPSA) is 32.8 Å². The van der Waals surface area contributed by atoms with Gasteiger partial charge in [0.05, 0.1) is 11.2 Å². The normalized spacial score (nSPS) is 20.1. The minimum absolute atomic E-state index is 0.167. The molecule has 1 amide bonds. The fraction of sp³-hybridized carbons (Fsp3) is 0.458. The average molecular weight is 441 g/mol. The lowest BCUT2D eigenvalue weighted by molar-refractivity contribution is 0.0628. The molecule has 0 bridgehead atoms. The van der Waals surface area contributed by atoms with Gasteiger partial charge in [0.1, 0.15) is 5.75 Å². The summed E-state index contributed by atoms with van der Waals surface area (Å²) in [7, 11) is 0. The first-order chi connectivity index (χ1) is 14.8. The number of hydrogen-bond acceptors (Lipinski definition) is 5. The van der Waals surface area contributed by atoms with Crippen molar-refractivity contribution < 1.29 is 9.53 Å². The van der Waals surface area contributed by atoms with Crippen LogP contribution in [-0.2, 0) is 13.0 Å². The smallest absolute Gasteiger partial charge is 0.253 e. The van der Waals surface area contributed by atoms with Crippen LogP contribution in [0.25, 0.3) is 0 Å². The number of nitrogens with zero attached hydrogens (tertiary/aromatic N) is 2. The molecule has 0 atom stereocenters. The monoisotopic (exact) mass is 440 g/mol. The Bertz CT molecular complexity index is 889. The van der Waals surface area contributed by atoms with Crippen molar-refractivity contribution in [3.05, 3.63) is 64.7 Å². The van der Waals surface area contributed by atoms with Crippen LogP contribution in [0.3, 0.4) is 0 Å². The fourth-order valence-corrected chi connectivity index (χ4v) is 7.25. The maximum atomic E-state index is 13.0. The highest BCUT2D eigenvalue weighted by Crippen LogP contribution is 2.43. The van der Waals surface area contributed by atoms with Gasteiger partial charge < -0.3 is 9.64 Å². The third-order valence-electron chi connectivity index (χ3n) is 6.08. The number of carbonyl (C=O) groups is 1. The second-order valence-electron chi connectivity index (χ2n) is 8.16. The number of carbonyl (C=O) groups excluding carboxylic acids is 1. The first kappa shape index (κ1) is 20.3. The zero-order valence-electron chi connectivity index (χ0n) is 17.2. The van der Waals surface area contributed by atoms with Gasteiger partial charge in [0.25, 0.3) is 5.91 Å². The van der Waals surface area contributed by atoms with Crippen LogP contribution in [0.2, 0.25) is 0 Å². The number of ether oxygens (including phenoxy) is 1. The minimum Gasteiger partial charge on any atom is -0.493 e. The van der Waals surface area contributed by atoms with Crippen molar-refractivity contribution in [2.75, 3.05) is 44.3 Å². The molecule has 0 spiro atoms.